The quantitative estimate of drug-likeness (QED) is 0.751. The van der Waals surface area contributed by atoms with Crippen LogP contribution in [0.3, 0.4) is 0 Å². The first-order chi connectivity index (χ1) is 7.32. The van der Waals surface area contributed by atoms with Gasteiger partial charge in [0.05, 0.1) is 0 Å². The van der Waals surface area contributed by atoms with Gasteiger partial charge in [-0.3, -0.25) is 0 Å². The summed E-state index contributed by atoms with van der Waals surface area (Å²) in [5.74, 6) is -0.195. The van der Waals surface area contributed by atoms with Crippen LogP contribution in [0.2, 0.25) is 0 Å². The number of hydrogen-bond donors (Lipinski definition) is 0. The Labute approximate surface area is 98.0 Å². The van der Waals surface area contributed by atoms with Crippen LogP contribution in [0.4, 0.5) is 0 Å². The van der Waals surface area contributed by atoms with Crippen molar-refractivity contribution in [3.8, 4) is 0 Å². The average Bonchev–Trinajstić information content (AvgIpc) is 2.17. The Bertz CT molecular complexity index is 363. The van der Waals surface area contributed by atoms with Crippen molar-refractivity contribution >= 4 is 12.8 Å². The first kappa shape index (κ1) is 13.2. The van der Waals surface area contributed by atoms with Gasteiger partial charge in [-0.15, -0.1) is 0 Å². The van der Waals surface area contributed by atoms with Gasteiger partial charge < -0.3 is 0 Å². The Morgan fingerprint density at radius 3 is 2.25 bits per heavy atom. The molecule has 0 unspecified atom stereocenters. The topological polar surface area (TPSA) is 26.3 Å². The standard InChI is InChI=1S/C13H21O2P/c1-5-11-16(2,3,4)15-13(14)12-9-7-6-8-10-12/h6-10H,5,11H2,1-4H3. The summed E-state index contributed by atoms with van der Waals surface area (Å²) in [6.07, 6.45) is 2.02. The van der Waals surface area contributed by atoms with Gasteiger partial charge in [0.15, 0.2) is 0 Å². The number of benzene rings is 1. The molecule has 0 N–H and O–H groups in total. The minimum atomic E-state index is -2.27. The van der Waals surface area contributed by atoms with Crippen LogP contribution in [-0.4, -0.2) is 32.1 Å². The van der Waals surface area contributed by atoms with Crippen molar-refractivity contribution in [1.29, 1.82) is 0 Å². The Kier molecular flexibility index (Phi) is 3.75. The fourth-order valence-corrected chi connectivity index (χ4v) is 4.08. The normalized spacial score (nSPS) is 13.9. The molecule has 0 atom stereocenters. The number of carbonyl (C=O) groups excluding carboxylic acids is 1. The van der Waals surface area contributed by atoms with Gasteiger partial charge in [-0.25, -0.2) is 0 Å². The van der Waals surface area contributed by atoms with Crippen LogP contribution in [0.1, 0.15) is 23.7 Å². The molecule has 1 aromatic carbocycles. The van der Waals surface area contributed by atoms with E-state index in [0.29, 0.717) is 5.56 Å². The molecule has 0 aliphatic heterocycles. The molecule has 0 fully saturated rings. The Morgan fingerprint density at radius 2 is 1.75 bits per heavy atom. The van der Waals surface area contributed by atoms with Crippen LogP contribution in [-0.2, 0) is 4.52 Å². The van der Waals surface area contributed by atoms with Crippen molar-refractivity contribution in [2.75, 3.05) is 26.2 Å². The molecule has 0 aliphatic carbocycles. The van der Waals surface area contributed by atoms with E-state index < -0.39 is 6.83 Å². The van der Waals surface area contributed by atoms with E-state index in [0.717, 1.165) is 12.6 Å². The fourth-order valence-electron chi connectivity index (χ4n) is 1.74. The number of carbonyl (C=O) groups is 1. The zero-order valence-electron chi connectivity index (χ0n) is 10.6. The molecule has 16 heavy (non-hydrogen) atoms. The van der Waals surface area contributed by atoms with Crippen molar-refractivity contribution in [2.45, 2.75) is 13.3 Å². The third-order valence-electron chi connectivity index (χ3n) is 2.42. The molecular weight excluding hydrogens is 219 g/mol. The third-order valence-corrected chi connectivity index (χ3v) is 5.23. The van der Waals surface area contributed by atoms with Gasteiger partial charge in [-0.05, 0) is 0 Å². The van der Waals surface area contributed by atoms with Crippen molar-refractivity contribution < 1.29 is 9.32 Å². The predicted molar refractivity (Wildman–Crippen MR) is 71.7 cm³/mol. The van der Waals surface area contributed by atoms with Gasteiger partial charge in [0.1, 0.15) is 0 Å². The van der Waals surface area contributed by atoms with Gasteiger partial charge >= 0.3 is 97.5 Å². The van der Waals surface area contributed by atoms with E-state index in [1.54, 1.807) is 12.1 Å². The first-order valence-electron chi connectivity index (χ1n) is 5.62. The second-order valence-electron chi connectivity index (χ2n) is 5.44. The molecule has 2 nitrogen and oxygen atoms in total. The molecule has 0 saturated carbocycles. The molecule has 0 aromatic heterocycles. The monoisotopic (exact) mass is 240 g/mol. The average molecular weight is 240 g/mol. The zero-order chi connectivity index (χ0) is 12.3. The van der Waals surface area contributed by atoms with E-state index in [-0.39, 0.29) is 5.97 Å². The molecule has 0 heterocycles. The van der Waals surface area contributed by atoms with Crippen LogP contribution < -0.4 is 0 Å². The van der Waals surface area contributed by atoms with Crippen molar-refractivity contribution in [2.24, 2.45) is 0 Å². The van der Waals surface area contributed by atoms with Gasteiger partial charge in [-0.2, -0.15) is 0 Å². The summed E-state index contributed by atoms with van der Waals surface area (Å²) < 4.78 is 5.74. The first-order valence-corrected chi connectivity index (χ1v) is 9.30. The molecule has 90 valence electrons. The van der Waals surface area contributed by atoms with Crippen molar-refractivity contribution in [3.63, 3.8) is 0 Å². The van der Waals surface area contributed by atoms with Crippen molar-refractivity contribution in [3.05, 3.63) is 35.9 Å². The van der Waals surface area contributed by atoms with E-state index >= 15 is 0 Å². The predicted octanol–water partition coefficient (Wildman–Crippen LogP) is 3.61. The Morgan fingerprint density at radius 1 is 1.19 bits per heavy atom. The van der Waals surface area contributed by atoms with Crippen LogP contribution in [0.5, 0.6) is 0 Å². The number of hydrogen-bond acceptors (Lipinski definition) is 2. The van der Waals surface area contributed by atoms with E-state index in [1.807, 2.05) is 18.2 Å². The van der Waals surface area contributed by atoms with E-state index in [4.69, 9.17) is 4.52 Å². The Balaban J connectivity index is 2.79. The Hall–Kier alpha value is -0.880. The summed E-state index contributed by atoms with van der Waals surface area (Å²) >= 11 is 0. The fraction of sp³-hybridized carbons (Fsp3) is 0.462. The van der Waals surface area contributed by atoms with E-state index in [1.165, 1.54) is 0 Å². The van der Waals surface area contributed by atoms with Crippen LogP contribution in [0, 0.1) is 0 Å². The minimum absolute atomic E-state index is 0.195. The SMILES string of the molecule is CCCP(C)(C)(C)OC(=O)c1ccccc1. The summed E-state index contributed by atoms with van der Waals surface area (Å²) in [6.45, 7) is 6.13. The number of rotatable bonds is 4. The molecule has 3 heteroatoms. The zero-order valence-corrected chi connectivity index (χ0v) is 11.5. The van der Waals surface area contributed by atoms with E-state index in [2.05, 4.69) is 26.9 Å². The van der Waals surface area contributed by atoms with Crippen LogP contribution >= 0.6 is 6.83 Å². The maximum absolute atomic E-state index is 12.0. The molecule has 0 radical (unpaired) electrons. The van der Waals surface area contributed by atoms with Gasteiger partial charge in [0.2, 0.25) is 0 Å². The second kappa shape index (κ2) is 4.55. The molecule has 0 saturated heterocycles. The molecule has 0 bridgehead atoms. The molecular formula is C13H21O2P. The van der Waals surface area contributed by atoms with Gasteiger partial charge in [0.25, 0.3) is 0 Å². The third kappa shape index (κ3) is 3.94. The summed E-state index contributed by atoms with van der Waals surface area (Å²) in [7, 11) is 0. The summed E-state index contributed by atoms with van der Waals surface area (Å²) in [5.41, 5.74) is 0.637. The van der Waals surface area contributed by atoms with Crippen LogP contribution in [0.25, 0.3) is 0 Å². The molecule has 0 spiro atoms. The van der Waals surface area contributed by atoms with Crippen molar-refractivity contribution in [1.82, 2.24) is 0 Å². The molecule has 1 aromatic rings. The second-order valence-corrected chi connectivity index (χ2v) is 12.0. The summed E-state index contributed by atoms with van der Waals surface area (Å²) in [6, 6.07) is 9.19. The summed E-state index contributed by atoms with van der Waals surface area (Å²) in [4.78, 5) is 12.0. The molecule has 1 rings (SSSR count). The van der Waals surface area contributed by atoms with E-state index in [9.17, 15) is 4.79 Å². The molecule has 0 aliphatic rings. The maximum atomic E-state index is 12.0. The van der Waals surface area contributed by atoms with Crippen LogP contribution in [0.15, 0.2) is 30.3 Å². The van der Waals surface area contributed by atoms with Gasteiger partial charge in [0, 0.05) is 0 Å². The molecule has 0 amide bonds. The summed E-state index contributed by atoms with van der Waals surface area (Å²) in [5, 5.41) is 0. The van der Waals surface area contributed by atoms with Gasteiger partial charge in [-0.1, -0.05) is 0 Å².